The van der Waals surface area contributed by atoms with E-state index in [1.165, 1.54) is 13.0 Å². The van der Waals surface area contributed by atoms with Gasteiger partial charge >= 0.3 is 0 Å². The van der Waals surface area contributed by atoms with Crippen molar-refractivity contribution in [1.82, 2.24) is 0 Å². The van der Waals surface area contributed by atoms with Gasteiger partial charge in [0.2, 0.25) is 0 Å². The number of hydrogen-bond donors (Lipinski definition) is 4. The highest BCUT2D eigenvalue weighted by atomic mass is 32.2. The van der Waals surface area contributed by atoms with Crippen LogP contribution in [0.3, 0.4) is 0 Å². The van der Waals surface area contributed by atoms with Crippen LogP contribution in [0.15, 0.2) is 82.6 Å². The summed E-state index contributed by atoms with van der Waals surface area (Å²) in [5.74, 6) is -1.60. The molecular formula is C30H30O8S2. The molecule has 0 aliphatic carbocycles. The number of rotatable bonds is 7. The van der Waals surface area contributed by atoms with Gasteiger partial charge in [-0.1, -0.05) is 68.4 Å². The number of phenolic OH excluding ortho intramolecular Hbond substituents is 2. The van der Waals surface area contributed by atoms with Gasteiger partial charge in [-0.05, 0) is 65.4 Å². The first-order valence-electron chi connectivity index (χ1n) is 12.4. The predicted molar refractivity (Wildman–Crippen MR) is 152 cm³/mol. The molecule has 40 heavy (non-hydrogen) atoms. The minimum atomic E-state index is -4.93. The molecule has 0 radical (unpaired) electrons. The van der Waals surface area contributed by atoms with Gasteiger partial charge in [-0.15, -0.1) is 0 Å². The van der Waals surface area contributed by atoms with Crippen molar-refractivity contribution in [2.75, 3.05) is 0 Å². The van der Waals surface area contributed by atoms with Gasteiger partial charge in [-0.2, -0.15) is 16.8 Å². The Hall–Kier alpha value is -3.70. The summed E-state index contributed by atoms with van der Waals surface area (Å²) in [5.41, 5.74) is 3.35. The summed E-state index contributed by atoms with van der Waals surface area (Å²) >= 11 is 0. The maximum Gasteiger partial charge on any atom is 0.298 e. The van der Waals surface area contributed by atoms with Crippen molar-refractivity contribution in [3.05, 3.63) is 106 Å². The van der Waals surface area contributed by atoms with Crippen LogP contribution in [-0.2, 0) is 20.2 Å². The SMILES string of the molecule is Cc1c(S(=O)(=O)O)ccc(O)c1-c1c(C)c(C(C)c2ccc(C(C)c3ccccc3)cc2)cc(S(=O)(=O)O)c1O. The Kier molecular flexibility index (Phi) is 7.83. The van der Waals surface area contributed by atoms with Gasteiger partial charge < -0.3 is 10.2 Å². The summed E-state index contributed by atoms with van der Waals surface area (Å²) in [4.78, 5) is -1.31. The van der Waals surface area contributed by atoms with Crippen LogP contribution in [0.25, 0.3) is 11.1 Å². The van der Waals surface area contributed by atoms with Crippen molar-refractivity contribution in [3.63, 3.8) is 0 Å². The first-order chi connectivity index (χ1) is 18.6. The van der Waals surface area contributed by atoms with Gasteiger partial charge in [0.25, 0.3) is 20.2 Å². The molecule has 4 N–H and O–H groups in total. The van der Waals surface area contributed by atoms with Gasteiger partial charge in [0.15, 0.2) is 0 Å². The topological polar surface area (TPSA) is 149 Å². The van der Waals surface area contributed by atoms with E-state index in [9.17, 15) is 36.2 Å². The molecule has 2 unspecified atom stereocenters. The molecule has 4 rings (SSSR count). The van der Waals surface area contributed by atoms with Gasteiger partial charge in [0.1, 0.15) is 16.4 Å². The maximum absolute atomic E-state index is 12.3. The fourth-order valence-corrected chi connectivity index (χ4v) is 6.53. The summed E-state index contributed by atoms with van der Waals surface area (Å²) in [6, 6.07) is 21.0. The van der Waals surface area contributed by atoms with E-state index in [2.05, 4.69) is 6.92 Å². The van der Waals surface area contributed by atoms with E-state index < -0.39 is 47.4 Å². The third-order valence-electron chi connectivity index (χ3n) is 7.47. The molecule has 0 heterocycles. The smallest absolute Gasteiger partial charge is 0.298 e. The Bertz CT molecular complexity index is 1800. The zero-order valence-corrected chi connectivity index (χ0v) is 24.0. The minimum absolute atomic E-state index is 0.105. The van der Waals surface area contributed by atoms with Gasteiger partial charge in [0.05, 0.1) is 4.90 Å². The number of benzene rings is 4. The Morgan fingerprint density at radius 3 is 1.62 bits per heavy atom. The zero-order valence-electron chi connectivity index (χ0n) is 22.3. The van der Waals surface area contributed by atoms with Crippen LogP contribution in [0.5, 0.6) is 11.5 Å². The third-order valence-corrected chi connectivity index (χ3v) is 9.33. The molecule has 4 aromatic rings. The molecule has 10 heteroatoms. The molecule has 0 spiro atoms. The standard InChI is InChI=1S/C30H30O8S2/c1-17(21-8-6-5-7-9-21)22-10-12-23(13-11-22)18(2)24-16-27(40(36,37)38)30(32)29(19(24)3)28-20(4)26(39(33,34)35)15-14-25(28)31/h5-18,31-32H,1-4H3,(H,33,34,35)(H,36,37,38). The van der Waals surface area contributed by atoms with Crippen LogP contribution in [0.2, 0.25) is 0 Å². The number of hydrogen-bond acceptors (Lipinski definition) is 6. The van der Waals surface area contributed by atoms with Gasteiger partial charge in [0, 0.05) is 23.0 Å². The fraction of sp³-hybridized carbons (Fsp3) is 0.200. The predicted octanol–water partition coefficient (Wildman–Crippen LogP) is 6.18. The van der Waals surface area contributed by atoms with E-state index in [0.717, 1.165) is 28.8 Å². The second-order valence-corrected chi connectivity index (χ2v) is 12.6. The summed E-state index contributed by atoms with van der Waals surface area (Å²) in [6.07, 6.45) is 0. The highest BCUT2D eigenvalue weighted by Crippen LogP contribution is 2.47. The Morgan fingerprint density at radius 2 is 1.10 bits per heavy atom. The summed E-state index contributed by atoms with van der Waals surface area (Å²) in [5, 5.41) is 21.7. The fourth-order valence-electron chi connectivity index (χ4n) is 5.18. The van der Waals surface area contributed by atoms with Crippen molar-refractivity contribution < 1.29 is 36.2 Å². The average molecular weight is 583 g/mol. The van der Waals surface area contributed by atoms with Crippen LogP contribution in [0.4, 0.5) is 0 Å². The summed E-state index contributed by atoms with van der Waals surface area (Å²) in [7, 11) is -9.64. The van der Waals surface area contributed by atoms with Crippen LogP contribution >= 0.6 is 0 Å². The first-order valence-corrected chi connectivity index (χ1v) is 15.3. The second-order valence-electron chi connectivity index (χ2n) is 9.87. The average Bonchev–Trinajstić information content (AvgIpc) is 2.88. The quantitative estimate of drug-likeness (QED) is 0.189. The van der Waals surface area contributed by atoms with E-state index in [-0.39, 0.29) is 22.6 Å². The van der Waals surface area contributed by atoms with Gasteiger partial charge in [-0.25, -0.2) is 0 Å². The molecule has 0 bridgehead atoms. The third kappa shape index (κ3) is 5.48. The first kappa shape index (κ1) is 29.3. The van der Waals surface area contributed by atoms with E-state index >= 15 is 0 Å². The normalized spacial score (nSPS) is 13.7. The zero-order chi connectivity index (χ0) is 29.6. The van der Waals surface area contributed by atoms with Crippen LogP contribution in [0, 0.1) is 13.8 Å². The second kappa shape index (κ2) is 10.7. The lowest BCUT2D eigenvalue weighted by molar-refractivity contribution is 0.441. The van der Waals surface area contributed by atoms with Crippen molar-refractivity contribution in [1.29, 1.82) is 0 Å². The molecule has 0 fully saturated rings. The van der Waals surface area contributed by atoms with Gasteiger partial charge in [-0.3, -0.25) is 9.11 Å². The number of phenols is 2. The van der Waals surface area contributed by atoms with Crippen molar-refractivity contribution >= 4 is 20.2 Å². The Balaban J connectivity index is 1.90. The van der Waals surface area contributed by atoms with E-state index in [4.69, 9.17) is 0 Å². The van der Waals surface area contributed by atoms with E-state index in [1.807, 2.05) is 61.5 Å². The Morgan fingerprint density at radius 1 is 0.600 bits per heavy atom. The lowest BCUT2D eigenvalue weighted by Gasteiger charge is -2.23. The molecule has 8 nitrogen and oxygen atoms in total. The summed E-state index contributed by atoms with van der Waals surface area (Å²) < 4.78 is 68.1. The molecule has 0 aliphatic heterocycles. The van der Waals surface area contributed by atoms with Crippen LogP contribution < -0.4 is 0 Å². The van der Waals surface area contributed by atoms with E-state index in [0.29, 0.717) is 11.1 Å². The summed E-state index contributed by atoms with van der Waals surface area (Å²) in [6.45, 7) is 6.83. The highest BCUT2D eigenvalue weighted by Gasteiger charge is 2.29. The minimum Gasteiger partial charge on any atom is -0.507 e. The largest absolute Gasteiger partial charge is 0.507 e. The lowest BCUT2D eigenvalue weighted by Crippen LogP contribution is -2.08. The van der Waals surface area contributed by atoms with Crippen molar-refractivity contribution in [2.24, 2.45) is 0 Å². The number of aromatic hydroxyl groups is 2. The Labute approximate surface area is 234 Å². The molecule has 2 atom stereocenters. The monoisotopic (exact) mass is 582 g/mol. The maximum atomic E-state index is 12.3. The van der Waals surface area contributed by atoms with E-state index in [1.54, 1.807) is 6.92 Å². The van der Waals surface area contributed by atoms with Crippen molar-refractivity contribution in [3.8, 4) is 22.6 Å². The lowest BCUT2D eigenvalue weighted by atomic mass is 9.84. The molecular weight excluding hydrogens is 552 g/mol. The molecule has 0 aliphatic rings. The molecule has 0 saturated carbocycles. The molecule has 0 amide bonds. The molecule has 210 valence electrons. The van der Waals surface area contributed by atoms with Crippen molar-refractivity contribution in [2.45, 2.75) is 49.3 Å². The molecule has 0 saturated heterocycles. The molecule has 4 aromatic carbocycles. The van der Waals surface area contributed by atoms with Crippen LogP contribution in [-0.4, -0.2) is 36.2 Å². The molecule has 0 aromatic heterocycles. The highest BCUT2D eigenvalue weighted by molar-refractivity contribution is 7.86. The van der Waals surface area contributed by atoms with Crippen LogP contribution in [0.1, 0.15) is 59.1 Å².